The van der Waals surface area contributed by atoms with E-state index in [9.17, 15) is 14.0 Å². The maximum absolute atomic E-state index is 13.9. The van der Waals surface area contributed by atoms with E-state index in [1.54, 1.807) is 36.2 Å². The first-order valence-corrected chi connectivity index (χ1v) is 8.26. The number of hydrogen-bond acceptors (Lipinski definition) is 3. The fourth-order valence-electron chi connectivity index (χ4n) is 3.28. The highest BCUT2D eigenvalue weighted by Crippen LogP contribution is 2.29. The van der Waals surface area contributed by atoms with Crippen molar-refractivity contribution >= 4 is 17.5 Å². The van der Waals surface area contributed by atoms with Crippen molar-refractivity contribution in [3.05, 3.63) is 65.0 Å². The Morgan fingerprint density at radius 2 is 1.88 bits per heavy atom. The van der Waals surface area contributed by atoms with Crippen LogP contribution in [0.4, 0.5) is 10.1 Å². The van der Waals surface area contributed by atoms with Crippen molar-refractivity contribution in [2.45, 2.75) is 32.9 Å². The van der Waals surface area contributed by atoms with Crippen LogP contribution in [0.5, 0.6) is 0 Å². The largest absolute Gasteiger partial charge is 0.290 e. The van der Waals surface area contributed by atoms with Gasteiger partial charge in [0.25, 0.3) is 5.91 Å². The van der Waals surface area contributed by atoms with E-state index in [0.717, 1.165) is 11.1 Å². The Kier molecular flexibility index (Phi) is 4.68. The Hall–Kier alpha value is -2.53. The van der Waals surface area contributed by atoms with Gasteiger partial charge in [0, 0.05) is 12.1 Å². The zero-order chi connectivity index (χ0) is 18.1. The van der Waals surface area contributed by atoms with E-state index in [4.69, 9.17) is 0 Å². The average molecular weight is 340 g/mol. The van der Waals surface area contributed by atoms with Crippen molar-refractivity contribution in [2.24, 2.45) is 0 Å². The number of carbonyl (C=O) groups is 2. The minimum atomic E-state index is -0.576. The number of benzene rings is 2. The Bertz CT molecular complexity index is 834. The highest BCUT2D eigenvalue weighted by Gasteiger charge is 2.42. The van der Waals surface area contributed by atoms with Gasteiger partial charge in [0.1, 0.15) is 5.82 Å². The third kappa shape index (κ3) is 3.33. The molecule has 25 heavy (non-hydrogen) atoms. The summed E-state index contributed by atoms with van der Waals surface area (Å²) in [6.45, 7) is 4.13. The molecule has 1 saturated heterocycles. The van der Waals surface area contributed by atoms with Crippen LogP contribution < -0.4 is 4.90 Å². The van der Waals surface area contributed by atoms with Gasteiger partial charge in [-0.15, -0.1) is 0 Å². The van der Waals surface area contributed by atoms with Gasteiger partial charge >= 0.3 is 0 Å². The van der Waals surface area contributed by atoms with Crippen LogP contribution in [-0.2, 0) is 16.1 Å². The molecule has 1 aliphatic heterocycles. The lowest BCUT2D eigenvalue weighted by molar-refractivity contribution is -0.122. The molecule has 130 valence electrons. The monoisotopic (exact) mass is 340 g/mol. The molecule has 0 spiro atoms. The molecule has 2 amide bonds. The van der Waals surface area contributed by atoms with Crippen molar-refractivity contribution in [1.29, 1.82) is 0 Å². The van der Waals surface area contributed by atoms with Crippen LogP contribution in [0.15, 0.2) is 42.5 Å². The highest BCUT2D eigenvalue weighted by molar-refractivity contribution is 6.22. The van der Waals surface area contributed by atoms with Gasteiger partial charge in [-0.1, -0.05) is 35.9 Å². The molecule has 1 fully saturated rings. The first-order chi connectivity index (χ1) is 11.9. The Morgan fingerprint density at radius 1 is 1.16 bits per heavy atom. The number of likely N-dealkylation sites (N-methyl/N-ethyl adjacent to an activating group) is 1. The normalized spacial score (nSPS) is 17.6. The number of imide groups is 1. The van der Waals surface area contributed by atoms with E-state index < -0.39 is 6.04 Å². The molecule has 0 saturated carbocycles. The third-order valence-corrected chi connectivity index (χ3v) is 4.63. The number of amides is 2. The van der Waals surface area contributed by atoms with Crippen LogP contribution in [0.1, 0.15) is 23.1 Å². The van der Waals surface area contributed by atoms with Crippen molar-refractivity contribution in [3.8, 4) is 0 Å². The van der Waals surface area contributed by atoms with Crippen LogP contribution in [0.3, 0.4) is 0 Å². The molecule has 2 aromatic rings. The molecule has 0 bridgehead atoms. The number of hydrogen-bond donors (Lipinski definition) is 0. The van der Waals surface area contributed by atoms with Crippen LogP contribution >= 0.6 is 0 Å². The van der Waals surface area contributed by atoms with Gasteiger partial charge in [-0.05, 0) is 38.6 Å². The van der Waals surface area contributed by atoms with Gasteiger partial charge in [0.2, 0.25) is 5.91 Å². The van der Waals surface area contributed by atoms with Gasteiger partial charge < -0.3 is 0 Å². The van der Waals surface area contributed by atoms with E-state index in [2.05, 4.69) is 0 Å². The summed E-state index contributed by atoms with van der Waals surface area (Å²) in [6.07, 6.45) is 0.108. The SMILES string of the molecule is Cc1ccc(N2C(=O)C[C@H](N(C)Cc3ccccc3F)C2=O)c(C)c1. The van der Waals surface area contributed by atoms with Crippen molar-refractivity contribution in [3.63, 3.8) is 0 Å². The molecular weight excluding hydrogens is 319 g/mol. The number of aryl methyl sites for hydroxylation is 2. The number of halogens is 1. The summed E-state index contributed by atoms with van der Waals surface area (Å²) < 4.78 is 13.9. The molecule has 4 nitrogen and oxygen atoms in total. The summed E-state index contributed by atoms with van der Waals surface area (Å²) in [7, 11) is 1.74. The number of rotatable bonds is 4. The predicted octanol–water partition coefficient (Wildman–Crippen LogP) is 3.21. The first kappa shape index (κ1) is 17.3. The summed E-state index contributed by atoms with van der Waals surface area (Å²) in [6, 6.07) is 11.5. The van der Waals surface area contributed by atoms with Gasteiger partial charge in [0.15, 0.2) is 0 Å². The van der Waals surface area contributed by atoms with Crippen molar-refractivity contribution < 1.29 is 14.0 Å². The predicted molar refractivity (Wildman–Crippen MR) is 94.7 cm³/mol. The minimum absolute atomic E-state index is 0.108. The fraction of sp³-hybridized carbons (Fsp3) is 0.300. The van der Waals surface area contributed by atoms with Gasteiger partial charge in [-0.3, -0.25) is 14.5 Å². The summed E-state index contributed by atoms with van der Waals surface area (Å²) in [5, 5.41) is 0. The van der Waals surface area contributed by atoms with Crippen molar-refractivity contribution in [2.75, 3.05) is 11.9 Å². The number of nitrogens with zero attached hydrogens (tertiary/aromatic N) is 2. The highest BCUT2D eigenvalue weighted by atomic mass is 19.1. The minimum Gasteiger partial charge on any atom is -0.290 e. The lowest BCUT2D eigenvalue weighted by Crippen LogP contribution is -2.40. The first-order valence-electron chi connectivity index (χ1n) is 8.26. The molecule has 3 rings (SSSR count). The molecule has 0 aliphatic carbocycles. The van der Waals surface area contributed by atoms with Crippen LogP contribution in [0.25, 0.3) is 0 Å². The molecule has 0 aromatic heterocycles. The van der Waals surface area contributed by atoms with Gasteiger partial charge in [0.05, 0.1) is 18.2 Å². The second-order valence-corrected chi connectivity index (χ2v) is 6.58. The second kappa shape index (κ2) is 6.76. The van der Waals surface area contributed by atoms with E-state index >= 15 is 0 Å². The molecule has 0 unspecified atom stereocenters. The van der Waals surface area contributed by atoms with Crippen LogP contribution in [-0.4, -0.2) is 29.8 Å². The molecule has 2 aromatic carbocycles. The molecule has 0 N–H and O–H groups in total. The summed E-state index contributed by atoms with van der Waals surface area (Å²) in [4.78, 5) is 28.3. The van der Waals surface area contributed by atoms with E-state index in [-0.39, 0.29) is 30.6 Å². The van der Waals surface area contributed by atoms with Gasteiger partial charge in [-0.2, -0.15) is 0 Å². The zero-order valence-corrected chi connectivity index (χ0v) is 14.6. The summed E-state index contributed by atoms with van der Waals surface area (Å²) in [5.74, 6) is -0.782. The molecular formula is C20H21FN2O2. The van der Waals surface area contributed by atoms with E-state index in [1.165, 1.54) is 11.0 Å². The molecule has 1 atom stereocenters. The quantitative estimate of drug-likeness (QED) is 0.803. The maximum atomic E-state index is 13.9. The van der Waals surface area contributed by atoms with E-state index in [1.807, 2.05) is 26.0 Å². The second-order valence-electron chi connectivity index (χ2n) is 6.58. The Labute approximate surface area is 146 Å². The zero-order valence-electron chi connectivity index (χ0n) is 14.6. The third-order valence-electron chi connectivity index (χ3n) is 4.63. The fourth-order valence-corrected chi connectivity index (χ4v) is 3.28. The molecule has 5 heteroatoms. The molecule has 1 heterocycles. The number of anilines is 1. The summed E-state index contributed by atoms with van der Waals surface area (Å²) >= 11 is 0. The standard InChI is InChI=1S/C20H21FN2O2/c1-13-8-9-17(14(2)10-13)23-19(24)11-18(20(23)25)22(3)12-15-6-4-5-7-16(15)21/h4-10,18H,11-12H2,1-3H3/t18-/m0/s1. The smallest absolute Gasteiger partial charge is 0.251 e. The molecule has 0 radical (unpaired) electrons. The van der Waals surface area contributed by atoms with Crippen molar-refractivity contribution in [1.82, 2.24) is 4.90 Å². The molecule has 1 aliphatic rings. The Morgan fingerprint density at radius 3 is 2.56 bits per heavy atom. The maximum Gasteiger partial charge on any atom is 0.251 e. The number of carbonyl (C=O) groups excluding carboxylic acids is 2. The summed E-state index contributed by atoms with van der Waals surface area (Å²) in [5.41, 5.74) is 3.10. The van der Waals surface area contributed by atoms with Gasteiger partial charge in [-0.25, -0.2) is 9.29 Å². The Balaban J connectivity index is 1.82. The van der Waals surface area contributed by atoms with Crippen LogP contribution in [0.2, 0.25) is 0 Å². The van der Waals surface area contributed by atoms with E-state index in [0.29, 0.717) is 11.3 Å². The lowest BCUT2D eigenvalue weighted by Gasteiger charge is -2.23. The van der Waals surface area contributed by atoms with Crippen LogP contribution in [0, 0.1) is 19.7 Å². The average Bonchev–Trinajstić information content (AvgIpc) is 2.85. The lowest BCUT2D eigenvalue weighted by atomic mass is 10.1. The topological polar surface area (TPSA) is 40.6 Å².